The largest absolute Gasteiger partial charge is 0.500 e. The van der Waals surface area contributed by atoms with Crippen molar-refractivity contribution in [3.8, 4) is 11.5 Å². The van der Waals surface area contributed by atoms with Crippen molar-refractivity contribution in [2.24, 2.45) is 4.99 Å². The Bertz CT molecular complexity index is 1360. The maximum Gasteiger partial charge on any atom is 0.411 e. The fourth-order valence-electron chi connectivity index (χ4n) is 4.21. The van der Waals surface area contributed by atoms with Crippen LogP contribution in [0.2, 0.25) is 0 Å². The zero-order chi connectivity index (χ0) is 26.5. The number of nitrogens with zero attached hydrogens (tertiary/aromatic N) is 2. The van der Waals surface area contributed by atoms with E-state index in [1.807, 2.05) is 30.3 Å². The first-order chi connectivity index (χ1) is 17.8. The van der Waals surface area contributed by atoms with Crippen LogP contribution < -0.4 is 15.4 Å². The van der Waals surface area contributed by atoms with Crippen LogP contribution in [0.25, 0.3) is 0 Å². The third-order valence-electron chi connectivity index (χ3n) is 5.83. The van der Waals surface area contributed by atoms with E-state index in [9.17, 15) is 24.8 Å². The number of urea groups is 1. The van der Waals surface area contributed by atoms with Crippen LogP contribution in [-0.2, 0) is 4.74 Å². The van der Waals surface area contributed by atoms with E-state index in [2.05, 4.69) is 20.4 Å². The quantitative estimate of drug-likeness (QED) is 0.305. The summed E-state index contributed by atoms with van der Waals surface area (Å²) in [7, 11) is 1.26. The molecule has 0 radical (unpaired) electrons. The summed E-state index contributed by atoms with van der Waals surface area (Å²) in [5, 5.41) is 27.4. The van der Waals surface area contributed by atoms with Crippen LogP contribution in [0.15, 0.2) is 71.7 Å². The number of phenolic OH excluding ortho intramolecular Hbond substituents is 1. The highest BCUT2D eigenvalue weighted by atomic mass is 16.6. The van der Waals surface area contributed by atoms with Crippen molar-refractivity contribution in [1.82, 2.24) is 5.32 Å². The lowest BCUT2D eigenvalue weighted by Crippen LogP contribution is -2.40. The summed E-state index contributed by atoms with van der Waals surface area (Å²) in [5.74, 6) is -1.19. The minimum absolute atomic E-state index is 0.0601. The number of nitro groups is 1. The number of hydrogen-bond acceptors (Lipinski definition) is 7. The SMILES string of the molecule is CCOc1cc(C2NC(=O)N=C(c3ccc(NC(=O)OC)cc3)C2c2ccccc2)cc([N+](=O)[O-])c1O. The first-order valence-corrected chi connectivity index (χ1v) is 11.4. The van der Waals surface area contributed by atoms with Gasteiger partial charge in [0.15, 0.2) is 5.75 Å². The van der Waals surface area contributed by atoms with Crippen molar-refractivity contribution in [3.63, 3.8) is 0 Å². The van der Waals surface area contributed by atoms with Crippen molar-refractivity contribution >= 4 is 29.2 Å². The topological polar surface area (TPSA) is 152 Å². The molecule has 2 atom stereocenters. The highest BCUT2D eigenvalue weighted by molar-refractivity contribution is 6.12. The molecule has 3 N–H and O–H groups in total. The Labute approximate surface area is 211 Å². The number of carbonyl (C=O) groups excluding carboxylic acids is 2. The number of aromatic hydroxyl groups is 1. The number of methoxy groups -OCH3 is 1. The zero-order valence-electron chi connectivity index (χ0n) is 20.0. The molecule has 3 amide bonds. The van der Waals surface area contributed by atoms with Crippen LogP contribution >= 0.6 is 0 Å². The molecule has 11 nitrogen and oxygen atoms in total. The maximum atomic E-state index is 12.8. The third kappa shape index (κ3) is 5.35. The second-order valence-corrected chi connectivity index (χ2v) is 8.08. The minimum Gasteiger partial charge on any atom is -0.500 e. The number of nitro benzene ring substituents is 1. The van der Waals surface area contributed by atoms with Crippen LogP contribution in [0.5, 0.6) is 11.5 Å². The third-order valence-corrected chi connectivity index (χ3v) is 5.83. The average molecular weight is 504 g/mol. The van der Waals surface area contributed by atoms with E-state index >= 15 is 0 Å². The van der Waals surface area contributed by atoms with Crippen molar-refractivity contribution in [3.05, 3.63) is 93.5 Å². The molecule has 0 bridgehead atoms. The fourth-order valence-corrected chi connectivity index (χ4v) is 4.21. The molecule has 0 fully saturated rings. The van der Waals surface area contributed by atoms with E-state index in [-0.39, 0.29) is 12.4 Å². The Morgan fingerprint density at radius 1 is 1.14 bits per heavy atom. The predicted octanol–water partition coefficient (Wildman–Crippen LogP) is 4.91. The molecule has 3 aromatic carbocycles. The van der Waals surface area contributed by atoms with Gasteiger partial charge in [0, 0.05) is 11.8 Å². The zero-order valence-corrected chi connectivity index (χ0v) is 20.0. The van der Waals surface area contributed by atoms with Gasteiger partial charge in [0.05, 0.1) is 36.3 Å². The Morgan fingerprint density at radius 2 is 1.84 bits per heavy atom. The van der Waals surface area contributed by atoms with Crippen LogP contribution in [0.4, 0.5) is 21.0 Å². The second-order valence-electron chi connectivity index (χ2n) is 8.08. The molecule has 0 aliphatic carbocycles. The van der Waals surface area contributed by atoms with Gasteiger partial charge in [0.2, 0.25) is 5.75 Å². The number of carbonyl (C=O) groups is 2. The number of phenols is 1. The molecule has 2 unspecified atom stereocenters. The number of amides is 3. The Morgan fingerprint density at radius 3 is 2.46 bits per heavy atom. The van der Waals surface area contributed by atoms with Gasteiger partial charge in [-0.3, -0.25) is 15.4 Å². The van der Waals surface area contributed by atoms with Crippen molar-refractivity contribution < 1.29 is 29.1 Å². The molecule has 0 saturated carbocycles. The van der Waals surface area contributed by atoms with Crippen LogP contribution in [0, 0.1) is 10.1 Å². The van der Waals surface area contributed by atoms with Crippen molar-refractivity contribution in [2.45, 2.75) is 18.9 Å². The van der Waals surface area contributed by atoms with E-state index in [4.69, 9.17) is 4.74 Å². The van der Waals surface area contributed by atoms with Crippen LogP contribution in [0.3, 0.4) is 0 Å². The highest BCUT2D eigenvalue weighted by Gasteiger charge is 2.37. The number of aliphatic imine (C=N–C) groups is 1. The monoisotopic (exact) mass is 504 g/mol. The molecular formula is C26H24N4O7. The first-order valence-electron chi connectivity index (χ1n) is 11.4. The molecule has 4 rings (SSSR count). The molecule has 3 aromatic rings. The molecule has 0 spiro atoms. The second kappa shape index (κ2) is 10.8. The Balaban J connectivity index is 1.84. The van der Waals surface area contributed by atoms with Crippen molar-refractivity contribution in [1.29, 1.82) is 0 Å². The number of benzene rings is 3. The van der Waals surface area contributed by atoms with Gasteiger partial charge in [-0.15, -0.1) is 0 Å². The summed E-state index contributed by atoms with van der Waals surface area (Å²) in [6, 6.07) is 17.3. The normalized spacial score (nSPS) is 16.8. The van der Waals surface area contributed by atoms with Crippen LogP contribution in [0.1, 0.15) is 35.6 Å². The Kier molecular flexibility index (Phi) is 7.33. The summed E-state index contributed by atoms with van der Waals surface area (Å²) < 4.78 is 10.1. The van der Waals surface area contributed by atoms with E-state index in [0.717, 1.165) is 5.56 Å². The van der Waals surface area contributed by atoms with E-state index in [1.165, 1.54) is 19.2 Å². The number of rotatable bonds is 7. The number of hydrogen-bond donors (Lipinski definition) is 3. The van der Waals surface area contributed by atoms with Crippen LogP contribution in [-0.4, -0.2) is 41.6 Å². The average Bonchev–Trinajstić information content (AvgIpc) is 2.90. The highest BCUT2D eigenvalue weighted by Crippen LogP contribution is 2.43. The predicted molar refractivity (Wildman–Crippen MR) is 135 cm³/mol. The summed E-state index contributed by atoms with van der Waals surface area (Å²) in [4.78, 5) is 39.6. The van der Waals surface area contributed by atoms with E-state index in [1.54, 1.807) is 31.2 Å². The van der Waals surface area contributed by atoms with Gasteiger partial charge in [0.25, 0.3) is 0 Å². The van der Waals surface area contributed by atoms with Gasteiger partial charge in [-0.25, -0.2) is 9.59 Å². The molecular weight excluding hydrogens is 480 g/mol. The van der Waals surface area contributed by atoms with E-state index < -0.39 is 40.4 Å². The molecule has 1 aliphatic rings. The summed E-state index contributed by atoms with van der Waals surface area (Å²) in [6.07, 6.45) is -0.622. The molecule has 37 heavy (non-hydrogen) atoms. The number of nitrogens with one attached hydrogen (secondary N) is 2. The van der Waals surface area contributed by atoms with E-state index in [0.29, 0.717) is 22.5 Å². The molecule has 0 saturated heterocycles. The number of ether oxygens (including phenoxy) is 2. The first kappa shape index (κ1) is 25.2. The lowest BCUT2D eigenvalue weighted by Gasteiger charge is -2.33. The van der Waals surface area contributed by atoms with Gasteiger partial charge in [0.1, 0.15) is 0 Å². The molecule has 0 aromatic heterocycles. The smallest absolute Gasteiger partial charge is 0.411 e. The lowest BCUT2D eigenvalue weighted by atomic mass is 9.80. The lowest BCUT2D eigenvalue weighted by molar-refractivity contribution is -0.386. The van der Waals surface area contributed by atoms with Gasteiger partial charge < -0.3 is 19.9 Å². The van der Waals surface area contributed by atoms with Gasteiger partial charge in [-0.2, -0.15) is 4.99 Å². The van der Waals surface area contributed by atoms with Gasteiger partial charge >= 0.3 is 17.8 Å². The standard InChI is InChI=1S/C26H24N4O7/c1-3-37-20-14-17(13-19(24(20)31)30(34)35)23-21(15-7-5-4-6-8-15)22(28-25(32)29-23)16-9-11-18(12-10-16)27-26(33)36-2/h4-14,21,23,31H,3H2,1-2H3,(H,27,33)(H,29,32). The minimum atomic E-state index is -0.770. The molecule has 11 heteroatoms. The fraction of sp³-hybridized carbons (Fsp3) is 0.192. The Hall–Kier alpha value is -4.93. The molecule has 1 heterocycles. The van der Waals surface area contributed by atoms with Gasteiger partial charge in [-0.1, -0.05) is 42.5 Å². The summed E-state index contributed by atoms with van der Waals surface area (Å²) in [6.45, 7) is 1.86. The number of anilines is 1. The van der Waals surface area contributed by atoms with Crippen molar-refractivity contribution in [2.75, 3.05) is 19.0 Å². The summed E-state index contributed by atoms with van der Waals surface area (Å²) in [5.41, 5.74) is 2.16. The molecule has 190 valence electrons. The summed E-state index contributed by atoms with van der Waals surface area (Å²) >= 11 is 0. The van der Waals surface area contributed by atoms with Gasteiger partial charge in [-0.05, 0) is 41.8 Å². The molecule has 1 aliphatic heterocycles. The maximum absolute atomic E-state index is 12.8.